The zero-order valence-corrected chi connectivity index (χ0v) is 16.4. The molecule has 7 heteroatoms. The quantitative estimate of drug-likeness (QED) is 0.505. The van der Waals surface area contributed by atoms with Crippen LogP contribution < -0.4 is 16.0 Å². The van der Waals surface area contributed by atoms with Gasteiger partial charge in [0.05, 0.1) is 0 Å². The van der Waals surface area contributed by atoms with Gasteiger partial charge in [-0.05, 0) is 35.7 Å². The van der Waals surface area contributed by atoms with Crippen LogP contribution in [0.2, 0.25) is 0 Å². The predicted molar refractivity (Wildman–Crippen MR) is 108 cm³/mol. The summed E-state index contributed by atoms with van der Waals surface area (Å²) in [4.78, 5) is 15.9. The summed E-state index contributed by atoms with van der Waals surface area (Å²) >= 11 is 0. The monoisotopic (exact) mass is 388 g/mol. The van der Waals surface area contributed by atoms with E-state index in [1.807, 2.05) is 25.1 Å². The molecule has 3 N–H and O–H groups in total. The van der Waals surface area contributed by atoms with Crippen molar-refractivity contribution in [1.29, 1.82) is 0 Å². The minimum absolute atomic E-state index is 0.116. The van der Waals surface area contributed by atoms with Gasteiger partial charge in [-0.1, -0.05) is 25.1 Å². The third-order valence-electron chi connectivity index (χ3n) is 4.42. The zero-order valence-electron chi connectivity index (χ0n) is 16.4. The highest BCUT2D eigenvalue weighted by atomic mass is 19.1. The maximum atomic E-state index is 13.9. The predicted octanol–water partition coefficient (Wildman–Crippen LogP) is 2.84. The number of carbonyl (C=O) groups is 1. The fourth-order valence-corrected chi connectivity index (χ4v) is 2.82. The second kappa shape index (κ2) is 10.4. The van der Waals surface area contributed by atoms with Crippen molar-refractivity contribution in [2.75, 3.05) is 27.2 Å². The summed E-state index contributed by atoms with van der Waals surface area (Å²) in [7, 11) is 3.26. The molecule has 0 saturated heterocycles. The summed E-state index contributed by atoms with van der Waals surface area (Å²) in [6, 6.07) is 11.1. The van der Waals surface area contributed by atoms with Gasteiger partial charge in [0.1, 0.15) is 11.6 Å². The van der Waals surface area contributed by atoms with Crippen LogP contribution in [0, 0.1) is 11.6 Å². The van der Waals surface area contributed by atoms with Gasteiger partial charge in [0, 0.05) is 44.7 Å². The number of hydrogen-bond donors (Lipinski definition) is 3. The molecule has 0 saturated carbocycles. The Balaban J connectivity index is 1.84. The third-order valence-corrected chi connectivity index (χ3v) is 4.42. The van der Waals surface area contributed by atoms with Crippen molar-refractivity contribution in [3.05, 3.63) is 70.8 Å². The van der Waals surface area contributed by atoms with Gasteiger partial charge in [-0.15, -0.1) is 0 Å². The van der Waals surface area contributed by atoms with Crippen LogP contribution in [-0.2, 0) is 6.42 Å². The van der Waals surface area contributed by atoms with Gasteiger partial charge < -0.3 is 16.0 Å². The van der Waals surface area contributed by atoms with Gasteiger partial charge in [-0.3, -0.25) is 9.79 Å². The number of aliphatic imine (C=N–C) groups is 1. The van der Waals surface area contributed by atoms with E-state index in [-0.39, 0.29) is 11.8 Å². The Labute approximate surface area is 164 Å². The fourth-order valence-electron chi connectivity index (χ4n) is 2.82. The molecule has 0 radical (unpaired) electrons. The molecule has 1 atom stereocenters. The van der Waals surface area contributed by atoms with Crippen molar-refractivity contribution in [2.24, 2.45) is 4.99 Å². The van der Waals surface area contributed by atoms with Gasteiger partial charge in [-0.2, -0.15) is 0 Å². The van der Waals surface area contributed by atoms with Gasteiger partial charge >= 0.3 is 0 Å². The molecule has 1 amide bonds. The van der Waals surface area contributed by atoms with Crippen molar-refractivity contribution in [2.45, 2.75) is 19.3 Å². The van der Waals surface area contributed by atoms with Crippen molar-refractivity contribution < 1.29 is 13.6 Å². The first-order valence-corrected chi connectivity index (χ1v) is 9.15. The molecule has 2 aromatic carbocycles. The van der Waals surface area contributed by atoms with E-state index < -0.39 is 11.6 Å². The average molecular weight is 388 g/mol. The SMILES string of the molecule is CN=C(NCCc1cccc(C(=O)NC)c1)NCC(C)c1ccc(F)cc1F. The Morgan fingerprint density at radius 2 is 1.93 bits per heavy atom. The molecule has 28 heavy (non-hydrogen) atoms. The summed E-state index contributed by atoms with van der Waals surface area (Å²) in [5, 5.41) is 8.95. The molecule has 0 bridgehead atoms. The molecule has 0 aliphatic carbocycles. The lowest BCUT2D eigenvalue weighted by molar-refractivity contribution is 0.0963. The van der Waals surface area contributed by atoms with E-state index in [2.05, 4.69) is 20.9 Å². The molecule has 0 aromatic heterocycles. The van der Waals surface area contributed by atoms with Crippen LogP contribution in [0.1, 0.15) is 34.3 Å². The molecule has 150 valence electrons. The summed E-state index contributed by atoms with van der Waals surface area (Å²) in [5.41, 5.74) is 2.11. The number of nitrogens with zero attached hydrogens (tertiary/aromatic N) is 1. The van der Waals surface area contributed by atoms with E-state index in [9.17, 15) is 13.6 Å². The highest BCUT2D eigenvalue weighted by Gasteiger charge is 2.12. The van der Waals surface area contributed by atoms with Crippen LogP contribution in [0.15, 0.2) is 47.5 Å². The first-order valence-electron chi connectivity index (χ1n) is 9.15. The minimum atomic E-state index is -0.584. The Morgan fingerprint density at radius 1 is 1.14 bits per heavy atom. The molecule has 1 unspecified atom stereocenters. The Morgan fingerprint density at radius 3 is 2.61 bits per heavy atom. The Kier molecular flexibility index (Phi) is 7.92. The molecule has 0 spiro atoms. The van der Waals surface area contributed by atoms with Gasteiger partial charge in [0.25, 0.3) is 5.91 Å². The highest BCUT2D eigenvalue weighted by molar-refractivity contribution is 5.94. The maximum Gasteiger partial charge on any atom is 0.251 e. The van der Waals surface area contributed by atoms with Crippen LogP contribution in [-0.4, -0.2) is 39.1 Å². The molecular weight excluding hydrogens is 362 g/mol. The Hall–Kier alpha value is -2.96. The van der Waals surface area contributed by atoms with Crippen LogP contribution in [0.5, 0.6) is 0 Å². The second-order valence-electron chi connectivity index (χ2n) is 6.48. The highest BCUT2D eigenvalue weighted by Crippen LogP contribution is 2.19. The smallest absolute Gasteiger partial charge is 0.251 e. The molecule has 2 aromatic rings. The van der Waals surface area contributed by atoms with Crippen LogP contribution in [0.3, 0.4) is 0 Å². The van der Waals surface area contributed by atoms with Crippen LogP contribution in [0.4, 0.5) is 8.78 Å². The van der Waals surface area contributed by atoms with E-state index >= 15 is 0 Å². The van der Waals surface area contributed by atoms with Gasteiger partial charge in [-0.25, -0.2) is 8.78 Å². The van der Waals surface area contributed by atoms with E-state index in [1.54, 1.807) is 20.2 Å². The van der Waals surface area contributed by atoms with E-state index in [0.29, 0.717) is 36.6 Å². The normalized spacial score (nSPS) is 12.4. The number of amides is 1. The molecule has 0 fully saturated rings. The number of hydrogen-bond acceptors (Lipinski definition) is 2. The number of carbonyl (C=O) groups excluding carboxylic acids is 1. The number of halogens is 2. The lowest BCUT2D eigenvalue weighted by Crippen LogP contribution is -2.40. The maximum absolute atomic E-state index is 13.9. The molecule has 0 heterocycles. The average Bonchev–Trinajstić information content (AvgIpc) is 2.69. The van der Waals surface area contributed by atoms with Crippen molar-refractivity contribution in [3.8, 4) is 0 Å². The van der Waals surface area contributed by atoms with Crippen molar-refractivity contribution in [3.63, 3.8) is 0 Å². The molecule has 0 aliphatic heterocycles. The van der Waals surface area contributed by atoms with E-state index in [0.717, 1.165) is 11.6 Å². The topological polar surface area (TPSA) is 65.5 Å². The fraction of sp³-hybridized carbons (Fsp3) is 0.333. The van der Waals surface area contributed by atoms with Gasteiger partial charge in [0.15, 0.2) is 5.96 Å². The van der Waals surface area contributed by atoms with Crippen LogP contribution >= 0.6 is 0 Å². The summed E-state index contributed by atoms with van der Waals surface area (Å²) in [6.07, 6.45) is 0.716. The van der Waals surface area contributed by atoms with E-state index in [4.69, 9.17) is 0 Å². The molecular formula is C21H26F2N4O. The first-order chi connectivity index (χ1) is 13.4. The molecule has 5 nitrogen and oxygen atoms in total. The van der Waals surface area contributed by atoms with Gasteiger partial charge in [0.2, 0.25) is 0 Å². The number of guanidine groups is 1. The molecule has 2 rings (SSSR count). The number of nitrogens with one attached hydrogen (secondary N) is 3. The lowest BCUT2D eigenvalue weighted by atomic mass is 10.0. The third kappa shape index (κ3) is 6.04. The second-order valence-corrected chi connectivity index (χ2v) is 6.48. The summed E-state index contributed by atoms with van der Waals surface area (Å²) in [5.74, 6) is -0.804. The largest absolute Gasteiger partial charge is 0.356 e. The molecule has 0 aliphatic rings. The minimum Gasteiger partial charge on any atom is -0.356 e. The number of rotatable bonds is 7. The van der Waals surface area contributed by atoms with Crippen molar-refractivity contribution >= 4 is 11.9 Å². The summed E-state index contributed by atoms with van der Waals surface area (Å²) < 4.78 is 26.9. The standard InChI is InChI=1S/C21H26F2N4O/c1-14(18-8-7-17(22)12-19(18)23)13-27-21(25-3)26-10-9-15-5-4-6-16(11-15)20(28)24-2/h4-8,11-12,14H,9-10,13H2,1-3H3,(H,24,28)(H2,25,26,27). The van der Waals surface area contributed by atoms with Crippen LogP contribution in [0.25, 0.3) is 0 Å². The Bertz CT molecular complexity index is 839. The first kappa shape index (κ1) is 21.3. The van der Waals surface area contributed by atoms with E-state index in [1.165, 1.54) is 12.1 Å². The zero-order chi connectivity index (χ0) is 20.5. The summed E-state index contributed by atoms with van der Waals surface area (Å²) in [6.45, 7) is 2.94. The van der Waals surface area contributed by atoms with Crippen molar-refractivity contribution in [1.82, 2.24) is 16.0 Å². The lowest BCUT2D eigenvalue weighted by Gasteiger charge is -2.17. The number of benzene rings is 2.